The molecule has 0 spiro atoms. The molecule has 1 aromatic rings. The summed E-state index contributed by atoms with van der Waals surface area (Å²) in [5.74, 6) is -0.171. The fourth-order valence-corrected chi connectivity index (χ4v) is 1.94. The summed E-state index contributed by atoms with van der Waals surface area (Å²) in [7, 11) is 0. The molecule has 0 heterocycles. The highest BCUT2D eigenvalue weighted by atomic mass is 79.9. The largest absolute Gasteiger partial charge is 0.350 e. The first-order valence-electron chi connectivity index (χ1n) is 5.43. The molecular formula is C13H17BrClNO. The van der Waals surface area contributed by atoms with E-state index in [1.54, 1.807) is 0 Å². The number of benzene rings is 1. The summed E-state index contributed by atoms with van der Waals surface area (Å²) < 4.78 is 0.962. The molecule has 0 aliphatic heterocycles. The molecule has 0 bridgehead atoms. The van der Waals surface area contributed by atoms with Crippen molar-refractivity contribution in [1.29, 1.82) is 0 Å². The van der Waals surface area contributed by atoms with Crippen molar-refractivity contribution in [1.82, 2.24) is 5.32 Å². The van der Waals surface area contributed by atoms with Gasteiger partial charge in [-0.05, 0) is 44.9 Å². The van der Waals surface area contributed by atoms with Crippen LogP contribution in [0.4, 0.5) is 0 Å². The predicted molar refractivity (Wildman–Crippen MR) is 75.4 cm³/mol. The normalized spacial score (nSPS) is 13.3. The third kappa shape index (κ3) is 4.32. The van der Waals surface area contributed by atoms with Crippen LogP contribution < -0.4 is 5.32 Å². The van der Waals surface area contributed by atoms with E-state index in [9.17, 15) is 4.79 Å². The average Bonchev–Trinajstić information content (AvgIpc) is 2.18. The summed E-state index contributed by atoms with van der Waals surface area (Å²) in [6, 6.07) is 5.70. The molecule has 1 aromatic carbocycles. The molecule has 1 atom stereocenters. The number of aryl methyl sites for hydroxylation is 1. The Kier molecular flexibility index (Phi) is 4.62. The Balaban J connectivity index is 2.85. The SMILES string of the molecule is Cc1ccc(C(Cl)C(=O)NC(C)(C)C)cc1Br. The van der Waals surface area contributed by atoms with Crippen molar-refractivity contribution in [3.05, 3.63) is 33.8 Å². The number of rotatable bonds is 2. The van der Waals surface area contributed by atoms with Gasteiger partial charge in [0, 0.05) is 10.0 Å². The van der Waals surface area contributed by atoms with Gasteiger partial charge in [-0.15, -0.1) is 11.6 Å². The van der Waals surface area contributed by atoms with Gasteiger partial charge in [0.1, 0.15) is 5.38 Å². The molecule has 0 aliphatic rings. The van der Waals surface area contributed by atoms with Gasteiger partial charge < -0.3 is 5.32 Å². The van der Waals surface area contributed by atoms with Crippen LogP contribution in [0.25, 0.3) is 0 Å². The zero-order chi connectivity index (χ0) is 13.2. The Morgan fingerprint density at radius 3 is 2.47 bits per heavy atom. The van der Waals surface area contributed by atoms with Gasteiger partial charge in [-0.25, -0.2) is 0 Å². The zero-order valence-electron chi connectivity index (χ0n) is 10.5. The molecule has 2 nitrogen and oxygen atoms in total. The summed E-state index contributed by atoms with van der Waals surface area (Å²) in [5, 5.41) is 2.20. The Labute approximate surface area is 116 Å². The minimum atomic E-state index is -0.661. The van der Waals surface area contributed by atoms with E-state index < -0.39 is 5.38 Å². The maximum atomic E-state index is 11.9. The van der Waals surface area contributed by atoms with Gasteiger partial charge in [0.15, 0.2) is 0 Å². The predicted octanol–water partition coefficient (Wildman–Crippen LogP) is 3.95. The van der Waals surface area contributed by atoms with E-state index in [0.717, 1.165) is 15.6 Å². The van der Waals surface area contributed by atoms with Gasteiger partial charge in [0.25, 0.3) is 0 Å². The standard InChI is InChI=1S/C13H17BrClNO/c1-8-5-6-9(7-10(8)14)11(15)12(17)16-13(2,3)4/h5-7,11H,1-4H3,(H,16,17). The van der Waals surface area contributed by atoms with E-state index in [1.807, 2.05) is 45.9 Å². The second kappa shape index (κ2) is 5.40. The smallest absolute Gasteiger partial charge is 0.243 e. The van der Waals surface area contributed by atoms with Crippen LogP contribution in [0.15, 0.2) is 22.7 Å². The summed E-state index contributed by atoms with van der Waals surface area (Å²) in [4.78, 5) is 11.9. The molecule has 0 aromatic heterocycles. The Morgan fingerprint density at radius 1 is 1.41 bits per heavy atom. The van der Waals surface area contributed by atoms with E-state index in [-0.39, 0.29) is 11.4 Å². The quantitative estimate of drug-likeness (QED) is 0.822. The van der Waals surface area contributed by atoms with Gasteiger partial charge >= 0.3 is 0 Å². The minimum absolute atomic E-state index is 0.171. The molecule has 17 heavy (non-hydrogen) atoms. The van der Waals surface area contributed by atoms with Crippen molar-refractivity contribution in [2.75, 3.05) is 0 Å². The van der Waals surface area contributed by atoms with Crippen LogP contribution >= 0.6 is 27.5 Å². The fourth-order valence-electron chi connectivity index (χ4n) is 1.35. The van der Waals surface area contributed by atoms with Crippen LogP contribution in [0, 0.1) is 6.92 Å². The Hall–Kier alpha value is -0.540. The summed E-state index contributed by atoms with van der Waals surface area (Å²) in [6.45, 7) is 7.78. The number of carbonyl (C=O) groups excluding carboxylic acids is 1. The molecule has 0 saturated carbocycles. The highest BCUT2D eigenvalue weighted by Crippen LogP contribution is 2.26. The van der Waals surface area contributed by atoms with Gasteiger partial charge in [0.2, 0.25) is 5.91 Å². The number of amides is 1. The molecule has 1 rings (SSSR count). The lowest BCUT2D eigenvalue weighted by atomic mass is 10.1. The van der Waals surface area contributed by atoms with Crippen LogP contribution in [0.5, 0.6) is 0 Å². The van der Waals surface area contributed by atoms with Crippen molar-refractivity contribution in [2.45, 2.75) is 38.6 Å². The van der Waals surface area contributed by atoms with Gasteiger partial charge in [-0.3, -0.25) is 4.79 Å². The lowest BCUT2D eigenvalue weighted by Crippen LogP contribution is -2.42. The van der Waals surface area contributed by atoms with Crippen molar-refractivity contribution in [3.8, 4) is 0 Å². The highest BCUT2D eigenvalue weighted by Gasteiger charge is 2.22. The molecule has 1 amide bonds. The van der Waals surface area contributed by atoms with E-state index in [4.69, 9.17) is 11.6 Å². The monoisotopic (exact) mass is 317 g/mol. The van der Waals surface area contributed by atoms with Crippen molar-refractivity contribution >= 4 is 33.4 Å². The number of hydrogen-bond donors (Lipinski definition) is 1. The number of alkyl halides is 1. The molecular weight excluding hydrogens is 302 g/mol. The average molecular weight is 319 g/mol. The summed E-state index contributed by atoms with van der Waals surface area (Å²) in [5.41, 5.74) is 1.64. The summed E-state index contributed by atoms with van der Waals surface area (Å²) >= 11 is 9.59. The Morgan fingerprint density at radius 2 is 2.00 bits per heavy atom. The van der Waals surface area contributed by atoms with E-state index in [2.05, 4.69) is 21.2 Å². The van der Waals surface area contributed by atoms with Crippen molar-refractivity contribution < 1.29 is 4.79 Å². The second-order valence-corrected chi connectivity index (χ2v) is 6.40. The molecule has 0 aliphatic carbocycles. The van der Waals surface area contributed by atoms with Crippen LogP contribution in [0.1, 0.15) is 37.3 Å². The topological polar surface area (TPSA) is 29.1 Å². The fraction of sp³-hybridized carbons (Fsp3) is 0.462. The van der Waals surface area contributed by atoms with E-state index >= 15 is 0 Å². The summed E-state index contributed by atoms with van der Waals surface area (Å²) in [6.07, 6.45) is 0. The van der Waals surface area contributed by atoms with Crippen LogP contribution in [-0.4, -0.2) is 11.4 Å². The number of nitrogens with one attached hydrogen (secondary N) is 1. The molecule has 4 heteroatoms. The minimum Gasteiger partial charge on any atom is -0.350 e. The Bertz CT molecular complexity index is 426. The van der Waals surface area contributed by atoms with Gasteiger partial charge in [-0.1, -0.05) is 28.1 Å². The maximum Gasteiger partial charge on any atom is 0.243 e. The van der Waals surface area contributed by atoms with Gasteiger partial charge in [0.05, 0.1) is 0 Å². The van der Waals surface area contributed by atoms with E-state index in [1.165, 1.54) is 0 Å². The third-order valence-corrected chi connectivity index (χ3v) is 3.52. The van der Waals surface area contributed by atoms with Crippen LogP contribution in [0.3, 0.4) is 0 Å². The molecule has 0 fully saturated rings. The first kappa shape index (κ1) is 14.5. The molecule has 0 saturated heterocycles. The number of halogens is 2. The first-order chi connectivity index (χ1) is 7.70. The maximum absolute atomic E-state index is 11.9. The zero-order valence-corrected chi connectivity index (χ0v) is 12.8. The molecule has 1 N–H and O–H groups in total. The number of hydrogen-bond acceptors (Lipinski definition) is 1. The van der Waals surface area contributed by atoms with E-state index in [0.29, 0.717) is 0 Å². The van der Waals surface area contributed by atoms with Crippen LogP contribution in [0.2, 0.25) is 0 Å². The number of carbonyl (C=O) groups is 1. The van der Waals surface area contributed by atoms with Crippen LogP contribution in [-0.2, 0) is 4.79 Å². The second-order valence-electron chi connectivity index (χ2n) is 5.11. The molecule has 94 valence electrons. The van der Waals surface area contributed by atoms with Gasteiger partial charge in [-0.2, -0.15) is 0 Å². The first-order valence-corrected chi connectivity index (χ1v) is 6.66. The van der Waals surface area contributed by atoms with Crippen molar-refractivity contribution in [3.63, 3.8) is 0 Å². The third-order valence-electron chi connectivity index (χ3n) is 2.22. The lowest BCUT2D eigenvalue weighted by Gasteiger charge is -2.22. The van der Waals surface area contributed by atoms with Crippen molar-refractivity contribution in [2.24, 2.45) is 0 Å². The molecule has 1 unspecified atom stereocenters. The lowest BCUT2D eigenvalue weighted by molar-refractivity contribution is -0.122. The highest BCUT2D eigenvalue weighted by molar-refractivity contribution is 9.10. The molecule has 0 radical (unpaired) electrons.